The average molecular weight is 352 g/mol. The molecule has 0 bridgehead atoms. The van der Waals surface area contributed by atoms with Gasteiger partial charge in [-0.15, -0.1) is 0 Å². The molecule has 3 rings (SSSR count). The van der Waals surface area contributed by atoms with Crippen molar-refractivity contribution in [2.24, 2.45) is 0 Å². The van der Waals surface area contributed by atoms with E-state index in [0.29, 0.717) is 6.42 Å². The summed E-state index contributed by atoms with van der Waals surface area (Å²) in [5.41, 5.74) is 4.43. The molecule has 1 aliphatic heterocycles. The predicted molar refractivity (Wildman–Crippen MR) is 103 cm³/mol. The Morgan fingerprint density at radius 2 is 1.81 bits per heavy atom. The normalized spacial score (nSPS) is 15.7. The van der Waals surface area contributed by atoms with Crippen LogP contribution in [-0.4, -0.2) is 51.9 Å². The van der Waals surface area contributed by atoms with Crippen molar-refractivity contribution in [3.05, 3.63) is 59.2 Å². The standard InChI is InChI=1S/C21H28N4O/c1-17-4-6-19(7-5-17)8-9-21(26)25-11-3-10-24(12-13-25)16-20-15-22-18(2)14-23-20/h4-7,14-15H,3,8-13,16H2,1-2H3. The van der Waals surface area contributed by atoms with Gasteiger partial charge in [0, 0.05) is 51.5 Å². The predicted octanol–water partition coefficient (Wildman–Crippen LogP) is 2.76. The van der Waals surface area contributed by atoms with E-state index in [-0.39, 0.29) is 5.91 Å². The Labute approximate surface area is 156 Å². The summed E-state index contributed by atoms with van der Waals surface area (Å²) in [7, 11) is 0. The summed E-state index contributed by atoms with van der Waals surface area (Å²) in [4.78, 5) is 25.7. The summed E-state index contributed by atoms with van der Waals surface area (Å²) in [5.74, 6) is 0.266. The maximum Gasteiger partial charge on any atom is 0.222 e. The quantitative estimate of drug-likeness (QED) is 0.830. The summed E-state index contributed by atoms with van der Waals surface area (Å²) in [5, 5.41) is 0. The van der Waals surface area contributed by atoms with Crippen LogP contribution >= 0.6 is 0 Å². The van der Waals surface area contributed by atoms with Gasteiger partial charge in [-0.2, -0.15) is 0 Å². The van der Waals surface area contributed by atoms with E-state index >= 15 is 0 Å². The van der Waals surface area contributed by atoms with Gasteiger partial charge in [0.25, 0.3) is 0 Å². The molecular weight excluding hydrogens is 324 g/mol. The van der Waals surface area contributed by atoms with Gasteiger partial charge in [0.15, 0.2) is 0 Å². The van der Waals surface area contributed by atoms with Crippen LogP contribution in [0.25, 0.3) is 0 Å². The lowest BCUT2D eigenvalue weighted by Gasteiger charge is -2.22. The van der Waals surface area contributed by atoms with Crippen molar-refractivity contribution < 1.29 is 4.79 Å². The second-order valence-electron chi connectivity index (χ2n) is 7.15. The average Bonchev–Trinajstić information content (AvgIpc) is 2.88. The second kappa shape index (κ2) is 8.90. The van der Waals surface area contributed by atoms with Crippen LogP contribution in [0, 0.1) is 13.8 Å². The van der Waals surface area contributed by atoms with Gasteiger partial charge < -0.3 is 4.90 Å². The Morgan fingerprint density at radius 3 is 2.54 bits per heavy atom. The van der Waals surface area contributed by atoms with E-state index in [1.165, 1.54) is 11.1 Å². The number of rotatable bonds is 5. The molecule has 0 radical (unpaired) electrons. The Balaban J connectivity index is 1.47. The van der Waals surface area contributed by atoms with Crippen molar-refractivity contribution in [1.82, 2.24) is 19.8 Å². The van der Waals surface area contributed by atoms with Gasteiger partial charge in [0.2, 0.25) is 5.91 Å². The Hall–Kier alpha value is -2.27. The number of amides is 1. The lowest BCUT2D eigenvalue weighted by molar-refractivity contribution is -0.131. The first-order chi connectivity index (χ1) is 12.6. The van der Waals surface area contributed by atoms with Gasteiger partial charge in [-0.05, 0) is 32.3 Å². The highest BCUT2D eigenvalue weighted by molar-refractivity contribution is 5.76. The molecule has 5 nitrogen and oxygen atoms in total. The molecule has 1 amide bonds. The highest BCUT2D eigenvalue weighted by Crippen LogP contribution is 2.11. The smallest absolute Gasteiger partial charge is 0.222 e. The minimum atomic E-state index is 0.266. The molecule has 1 aromatic heterocycles. The van der Waals surface area contributed by atoms with E-state index in [0.717, 1.165) is 57.0 Å². The SMILES string of the molecule is Cc1ccc(CCC(=O)N2CCCN(Cc3cnc(C)cn3)CC2)cc1. The highest BCUT2D eigenvalue weighted by Gasteiger charge is 2.19. The summed E-state index contributed by atoms with van der Waals surface area (Å²) in [6.07, 6.45) is 6.08. The molecule has 26 heavy (non-hydrogen) atoms. The molecule has 0 saturated carbocycles. The first-order valence-corrected chi connectivity index (χ1v) is 9.43. The Kier molecular flexibility index (Phi) is 6.34. The fourth-order valence-corrected chi connectivity index (χ4v) is 3.27. The van der Waals surface area contributed by atoms with E-state index in [1.807, 2.05) is 24.2 Å². The molecule has 0 spiro atoms. The van der Waals surface area contributed by atoms with Gasteiger partial charge >= 0.3 is 0 Å². The van der Waals surface area contributed by atoms with Crippen molar-refractivity contribution in [2.45, 2.75) is 39.7 Å². The highest BCUT2D eigenvalue weighted by atomic mass is 16.2. The van der Waals surface area contributed by atoms with Gasteiger partial charge in [-0.25, -0.2) is 0 Å². The van der Waals surface area contributed by atoms with Crippen LogP contribution in [0.4, 0.5) is 0 Å². The zero-order valence-electron chi connectivity index (χ0n) is 15.8. The van der Waals surface area contributed by atoms with Crippen LogP contribution in [-0.2, 0) is 17.8 Å². The number of hydrogen-bond donors (Lipinski definition) is 0. The van der Waals surface area contributed by atoms with Crippen LogP contribution in [0.3, 0.4) is 0 Å². The fourth-order valence-electron chi connectivity index (χ4n) is 3.27. The lowest BCUT2D eigenvalue weighted by atomic mass is 10.1. The number of hydrogen-bond acceptors (Lipinski definition) is 4. The van der Waals surface area contributed by atoms with E-state index < -0.39 is 0 Å². The number of aryl methyl sites for hydroxylation is 3. The van der Waals surface area contributed by atoms with Crippen molar-refractivity contribution in [3.8, 4) is 0 Å². The molecule has 1 fully saturated rings. The van der Waals surface area contributed by atoms with Crippen LogP contribution < -0.4 is 0 Å². The first kappa shape index (κ1) is 18.5. The number of carbonyl (C=O) groups is 1. The molecule has 1 aliphatic rings. The van der Waals surface area contributed by atoms with Crippen molar-refractivity contribution in [3.63, 3.8) is 0 Å². The Bertz CT molecular complexity index is 712. The molecule has 1 saturated heterocycles. The molecule has 2 heterocycles. The number of aromatic nitrogens is 2. The fraction of sp³-hybridized carbons (Fsp3) is 0.476. The largest absolute Gasteiger partial charge is 0.341 e. The van der Waals surface area contributed by atoms with Crippen molar-refractivity contribution >= 4 is 5.91 Å². The third kappa shape index (κ3) is 5.36. The summed E-state index contributed by atoms with van der Waals surface area (Å²) in [6, 6.07) is 8.46. The molecule has 2 aromatic rings. The lowest BCUT2D eigenvalue weighted by Crippen LogP contribution is -2.35. The minimum Gasteiger partial charge on any atom is -0.341 e. The zero-order valence-corrected chi connectivity index (χ0v) is 15.8. The molecule has 138 valence electrons. The van der Waals surface area contributed by atoms with Gasteiger partial charge in [0.05, 0.1) is 11.4 Å². The monoisotopic (exact) mass is 352 g/mol. The third-order valence-electron chi connectivity index (χ3n) is 4.91. The summed E-state index contributed by atoms with van der Waals surface area (Å²) in [6.45, 7) is 8.37. The molecule has 0 atom stereocenters. The van der Waals surface area contributed by atoms with Crippen LogP contribution in [0.2, 0.25) is 0 Å². The summed E-state index contributed by atoms with van der Waals surface area (Å²) < 4.78 is 0. The molecule has 5 heteroatoms. The maximum atomic E-state index is 12.6. The van der Waals surface area contributed by atoms with Crippen LogP contribution in [0.5, 0.6) is 0 Å². The van der Waals surface area contributed by atoms with Gasteiger partial charge in [-0.3, -0.25) is 19.7 Å². The molecule has 1 aromatic carbocycles. The minimum absolute atomic E-state index is 0.266. The number of benzene rings is 1. The molecule has 0 unspecified atom stereocenters. The zero-order chi connectivity index (χ0) is 18.4. The Morgan fingerprint density at radius 1 is 1.00 bits per heavy atom. The molecular formula is C21H28N4O. The molecule has 0 N–H and O–H groups in total. The first-order valence-electron chi connectivity index (χ1n) is 9.43. The van der Waals surface area contributed by atoms with Crippen molar-refractivity contribution in [1.29, 1.82) is 0 Å². The summed E-state index contributed by atoms with van der Waals surface area (Å²) >= 11 is 0. The topological polar surface area (TPSA) is 49.3 Å². The second-order valence-corrected chi connectivity index (χ2v) is 7.15. The molecule has 0 aliphatic carbocycles. The van der Waals surface area contributed by atoms with E-state index in [9.17, 15) is 4.79 Å². The van der Waals surface area contributed by atoms with Crippen LogP contribution in [0.1, 0.15) is 35.4 Å². The van der Waals surface area contributed by atoms with Crippen molar-refractivity contribution in [2.75, 3.05) is 26.2 Å². The number of carbonyl (C=O) groups excluding carboxylic acids is 1. The maximum absolute atomic E-state index is 12.6. The van der Waals surface area contributed by atoms with Crippen LogP contribution in [0.15, 0.2) is 36.7 Å². The van der Waals surface area contributed by atoms with E-state index in [4.69, 9.17) is 0 Å². The van der Waals surface area contributed by atoms with Gasteiger partial charge in [-0.1, -0.05) is 29.8 Å². The van der Waals surface area contributed by atoms with Gasteiger partial charge in [0.1, 0.15) is 0 Å². The van der Waals surface area contributed by atoms with E-state index in [2.05, 4.69) is 46.1 Å². The van der Waals surface area contributed by atoms with E-state index in [1.54, 1.807) is 0 Å². The number of nitrogens with zero attached hydrogens (tertiary/aromatic N) is 4. The third-order valence-corrected chi connectivity index (χ3v) is 4.91.